The lowest BCUT2D eigenvalue weighted by Gasteiger charge is -2.32. The van der Waals surface area contributed by atoms with Gasteiger partial charge in [-0.25, -0.2) is 0 Å². The summed E-state index contributed by atoms with van der Waals surface area (Å²) in [5.74, 6) is 0. The van der Waals surface area contributed by atoms with Crippen molar-refractivity contribution >= 4 is 0 Å². The molecule has 0 saturated carbocycles. The third kappa shape index (κ3) is 1.56. The molecule has 0 aromatic heterocycles. The Labute approximate surface area is 84.2 Å². The van der Waals surface area contributed by atoms with E-state index in [0.29, 0.717) is 12.8 Å². The first-order chi connectivity index (χ1) is 6.64. The fourth-order valence-electron chi connectivity index (χ4n) is 2.22. The van der Waals surface area contributed by atoms with Crippen LogP contribution in [0.2, 0.25) is 0 Å². The maximum absolute atomic E-state index is 9.97. The quantitative estimate of drug-likeness (QED) is 0.702. The van der Waals surface area contributed by atoms with Crippen LogP contribution >= 0.6 is 0 Å². The highest BCUT2D eigenvalue weighted by molar-refractivity contribution is 5.37. The zero-order valence-corrected chi connectivity index (χ0v) is 8.45. The Kier molecular flexibility index (Phi) is 2.33. The zero-order chi connectivity index (χ0) is 10.2. The highest BCUT2D eigenvalue weighted by atomic mass is 16.3. The predicted octanol–water partition coefficient (Wildman–Crippen LogP) is 1.21. The van der Waals surface area contributed by atoms with Gasteiger partial charge in [-0.1, -0.05) is 18.2 Å². The second-order valence-corrected chi connectivity index (χ2v) is 4.27. The average molecular weight is 192 g/mol. The fourth-order valence-corrected chi connectivity index (χ4v) is 2.22. The van der Waals surface area contributed by atoms with Gasteiger partial charge >= 0.3 is 0 Å². The molecule has 0 aliphatic heterocycles. The molecule has 2 rings (SSSR count). The largest absolute Gasteiger partial charge is 0.393 e. The van der Waals surface area contributed by atoms with Crippen molar-refractivity contribution in [1.29, 1.82) is 0 Å². The number of aryl methyl sites for hydroxylation is 1. The van der Waals surface area contributed by atoms with Crippen LogP contribution in [0.25, 0.3) is 0 Å². The topological polar surface area (TPSA) is 40.5 Å². The summed E-state index contributed by atoms with van der Waals surface area (Å²) < 4.78 is 0. The van der Waals surface area contributed by atoms with Gasteiger partial charge in [-0.3, -0.25) is 0 Å². The van der Waals surface area contributed by atoms with E-state index in [1.807, 2.05) is 12.1 Å². The molecular weight excluding hydrogens is 176 g/mol. The van der Waals surface area contributed by atoms with Gasteiger partial charge in [0.15, 0.2) is 0 Å². The van der Waals surface area contributed by atoms with Crippen molar-refractivity contribution in [2.24, 2.45) is 0 Å². The molecule has 0 bridgehead atoms. The second-order valence-electron chi connectivity index (χ2n) is 4.27. The number of benzene rings is 1. The minimum Gasteiger partial charge on any atom is -0.393 e. The van der Waals surface area contributed by atoms with Crippen LogP contribution in [0, 0.1) is 6.92 Å². The van der Waals surface area contributed by atoms with Crippen LogP contribution in [0.3, 0.4) is 0 Å². The Balaban J connectivity index is 2.36. The van der Waals surface area contributed by atoms with E-state index in [4.69, 9.17) is 5.11 Å². The standard InChI is InChI=1S/C12H16O2/c1-9-3-2-4-10-7-12(14,8-13)6-5-11(9)10/h2-4,13-14H,5-8H2,1H3. The van der Waals surface area contributed by atoms with Gasteiger partial charge in [0.2, 0.25) is 0 Å². The number of hydrogen-bond acceptors (Lipinski definition) is 2. The zero-order valence-electron chi connectivity index (χ0n) is 8.45. The lowest BCUT2D eigenvalue weighted by molar-refractivity contribution is -0.0248. The van der Waals surface area contributed by atoms with Crippen molar-refractivity contribution in [3.8, 4) is 0 Å². The van der Waals surface area contributed by atoms with E-state index >= 15 is 0 Å². The maximum atomic E-state index is 9.97. The van der Waals surface area contributed by atoms with E-state index in [0.717, 1.165) is 6.42 Å². The molecule has 0 radical (unpaired) electrons. The molecule has 0 heterocycles. The molecule has 1 aliphatic carbocycles. The summed E-state index contributed by atoms with van der Waals surface area (Å²) in [6, 6.07) is 6.15. The summed E-state index contributed by atoms with van der Waals surface area (Å²) in [5.41, 5.74) is 2.95. The third-order valence-corrected chi connectivity index (χ3v) is 3.16. The molecule has 0 fully saturated rings. The molecule has 0 saturated heterocycles. The van der Waals surface area contributed by atoms with E-state index in [9.17, 15) is 5.11 Å². The van der Waals surface area contributed by atoms with E-state index in [-0.39, 0.29) is 6.61 Å². The molecule has 1 unspecified atom stereocenters. The second kappa shape index (κ2) is 3.37. The first-order valence-electron chi connectivity index (χ1n) is 5.05. The van der Waals surface area contributed by atoms with Gasteiger partial charge in [0, 0.05) is 6.42 Å². The van der Waals surface area contributed by atoms with E-state index in [1.54, 1.807) is 0 Å². The van der Waals surface area contributed by atoms with E-state index in [2.05, 4.69) is 13.0 Å². The Morgan fingerprint density at radius 1 is 1.43 bits per heavy atom. The maximum Gasteiger partial charge on any atom is 0.0920 e. The number of rotatable bonds is 1. The molecular formula is C12H16O2. The predicted molar refractivity (Wildman–Crippen MR) is 55.2 cm³/mol. The van der Waals surface area contributed by atoms with Crippen molar-refractivity contribution in [1.82, 2.24) is 0 Å². The van der Waals surface area contributed by atoms with Gasteiger partial charge in [0.25, 0.3) is 0 Å². The molecule has 0 spiro atoms. The van der Waals surface area contributed by atoms with Crippen LogP contribution in [0.1, 0.15) is 23.1 Å². The summed E-state index contributed by atoms with van der Waals surface area (Å²) in [5, 5.41) is 19.1. The van der Waals surface area contributed by atoms with Crippen LogP contribution in [-0.2, 0) is 12.8 Å². The molecule has 1 aliphatic rings. The lowest BCUT2D eigenvalue weighted by Crippen LogP contribution is -2.39. The van der Waals surface area contributed by atoms with Gasteiger partial charge in [0.1, 0.15) is 0 Å². The summed E-state index contributed by atoms with van der Waals surface area (Å²) in [4.78, 5) is 0. The van der Waals surface area contributed by atoms with Gasteiger partial charge in [-0.15, -0.1) is 0 Å². The van der Waals surface area contributed by atoms with Crippen LogP contribution in [0.15, 0.2) is 18.2 Å². The smallest absolute Gasteiger partial charge is 0.0920 e. The van der Waals surface area contributed by atoms with Crippen LogP contribution < -0.4 is 0 Å². The summed E-state index contributed by atoms with van der Waals surface area (Å²) in [6.07, 6.45) is 2.13. The van der Waals surface area contributed by atoms with Crippen molar-refractivity contribution in [2.45, 2.75) is 31.8 Å². The molecule has 2 nitrogen and oxygen atoms in total. The van der Waals surface area contributed by atoms with Gasteiger partial charge in [0.05, 0.1) is 12.2 Å². The molecule has 1 atom stereocenters. The normalized spacial score (nSPS) is 25.9. The molecule has 2 heteroatoms. The van der Waals surface area contributed by atoms with Crippen LogP contribution in [-0.4, -0.2) is 22.4 Å². The van der Waals surface area contributed by atoms with Gasteiger partial charge in [-0.2, -0.15) is 0 Å². The molecule has 14 heavy (non-hydrogen) atoms. The highest BCUT2D eigenvalue weighted by Crippen LogP contribution is 2.30. The van der Waals surface area contributed by atoms with Crippen molar-refractivity contribution < 1.29 is 10.2 Å². The molecule has 2 N–H and O–H groups in total. The van der Waals surface area contributed by atoms with E-state index in [1.165, 1.54) is 16.7 Å². The van der Waals surface area contributed by atoms with Gasteiger partial charge < -0.3 is 10.2 Å². The first-order valence-corrected chi connectivity index (χ1v) is 5.05. The number of fused-ring (bicyclic) bond motifs is 1. The Bertz CT molecular complexity index is 346. The minimum atomic E-state index is -0.888. The monoisotopic (exact) mass is 192 g/mol. The molecule has 1 aromatic rings. The summed E-state index contributed by atoms with van der Waals surface area (Å²) in [6.45, 7) is 1.96. The third-order valence-electron chi connectivity index (χ3n) is 3.16. The van der Waals surface area contributed by atoms with Crippen LogP contribution in [0.4, 0.5) is 0 Å². The minimum absolute atomic E-state index is 0.139. The van der Waals surface area contributed by atoms with Crippen LogP contribution in [0.5, 0.6) is 0 Å². The summed E-state index contributed by atoms with van der Waals surface area (Å²) in [7, 11) is 0. The fraction of sp³-hybridized carbons (Fsp3) is 0.500. The van der Waals surface area contributed by atoms with Crippen molar-refractivity contribution in [3.05, 3.63) is 34.9 Å². The molecule has 0 amide bonds. The van der Waals surface area contributed by atoms with Crippen molar-refractivity contribution in [3.63, 3.8) is 0 Å². The average Bonchev–Trinajstić information content (AvgIpc) is 2.18. The SMILES string of the molecule is Cc1cccc2c1CCC(O)(CO)C2. The highest BCUT2D eigenvalue weighted by Gasteiger charge is 2.31. The Morgan fingerprint density at radius 3 is 2.93 bits per heavy atom. The molecule has 76 valence electrons. The van der Waals surface area contributed by atoms with E-state index < -0.39 is 5.60 Å². The number of hydrogen-bond donors (Lipinski definition) is 2. The lowest BCUT2D eigenvalue weighted by atomic mass is 9.79. The Hall–Kier alpha value is -0.860. The number of aliphatic hydroxyl groups is 2. The van der Waals surface area contributed by atoms with Crippen molar-refractivity contribution in [2.75, 3.05) is 6.61 Å². The summed E-state index contributed by atoms with van der Waals surface area (Å²) >= 11 is 0. The number of aliphatic hydroxyl groups excluding tert-OH is 1. The first kappa shape index (κ1) is 9.69. The Morgan fingerprint density at radius 2 is 2.21 bits per heavy atom. The van der Waals surface area contributed by atoms with Gasteiger partial charge in [-0.05, 0) is 36.5 Å². The molecule has 1 aromatic carbocycles.